The molecule has 0 heterocycles. The molecule has 0 spiro atoms. The highest BCUT2D eigenvalue weighted by molar-refractivity contribution is 5.96. The van der Waals surface area contributed by atoms with E-state index in [1.807, 2.05) is 12.1 Å². The third kappa shape index (κ3) is 3.46. The summed E-state index contributed by atoms with van der Waals surface area (Å²) < 4.78 is 14.8. The lowest BCUT2D eigenvalue weighted by Gasteiger charge is -2.25. The van der Waals surface area contributed by atoms with Crippen molar-refractivity contribution < 1.29 is 9.18 Å². The summed E-state index contributed by atoms with van der Waals surface area (Å²) in [6, 6.07) is 8.52. The molecule has 2 aliphatic rings. The van der Waals surface area contributed by atoms with Gasteiger partial charge in [0.1, 0.15) is 5.83 Å². The van der Waals surface area contributed by atoms with Crippen molar-refractivity contribution >= 4 is 5.91 Å². The average molecular weight is 322 g/mol. The molecule has 0 atom stereocenters. The van der Waals surface area contributed by atoms with E-state index in [2.05, 4.69) is 0 Å². The molecule has 1 aromatic carbocycles. The number of benzene rings is 1. The van der Waals surface area contributed by atoms with Crippen molar-refractivity contribution in [3.8, 4) is 6.07 Å². The quantitative estimate of drug-likeness (QED) is 0.819. The maximum Gasteiger partial charge on any atom is 0.258 e. The first-order valence-electron chi connectivity index (χ1n) is 8.14. The van der Waals surface area contributed by atoms with Crippen molar-refractivity contribution in [3.05, 3.63) is 70.7 Å². The summed E-state index contributed by atoms with van der Waals surface area (Å²) in [5.41, 5.74) is 1.93. The number of carbonyl (C=O) groups excluding carboxylic acids is 1. The van der Waals surface area contributed by atoms with Crippen LogP contribution >= 0.6 is 0 Å². The normalized spacial score (nSPS) is 17.1. The molecule has 1 saturated carbocycles. The standard InChI is InChI=1S/C20H19FN2O/c1-14-4-2-3-5-18(19(14)21)23(13-16-6-7-16)20(24)17-10-8-15(12-22)9-11-17/h2-3,5,8-11,16H,4,6-7,13H2,1H3. The zero-order valence-corrected chi connectivity index (χ0v) is 13.6. The summed E-state index contributed by atoms with van der Waals surface area (Å²) in [6.45, 7) is 2.28. The maximum absolute atomic E-state index is 14.8. The zero-order chi connectivity index (χ0) is 17.1. The van der Waals surface area contributed by atoms with E-state index in [1.54, 1.807) is 48.2 Å². The Morgan fingerprint density at radius 1 is 1.33 bits per heavy atom. The predicted molar refractivity (Wildman–Crippen MR) is 90.6 cm³/mol. The summed E-state index contributed by atoms with van der Waals surface area (Å²) in [7, 11) is 0. The monoisotopic (exact) mass is 322 g/mol. The van der Waals surface area contributed by atoms with Crippen LogP contribution in [0.3, 0.4) is 0 Å². The minimum atomic E-state index is -0.317. The molecule has 0 unspecified atom stereocenters. The Balaban J connectivity index is 1.95. The summed E-state index contributed by atoms with van der Waals surface area (Å²) in [5, 5.41) is 8.88. The fraction of sp³-hybridized carbons (Fsp3) is 0.300. The number of halogens is 1. The van der Waals surface area contributed by atoms with Crippen LogP contribution in [0.25, 0.3) is 0 Å². The number of hydrogen-bond donors (Lipinski definition) is 0. The van der Waals surface area contributed by atoms with Crippen LogP contribution in [0.15, 0.2) is 59.6 Å². The second kappa shape index (κ2) is 6.84. The van der Waals surface area contributed by atoms with E-state index in [4.69, 9.17) is 5.26 Å². The van der Waals surface area contributed by atoms with Crippen molar-refractivity contribution in [2.45, 2.75) is 26.2 Å². The Labute approximate surface area is 141 Å². The third-order valence-electron chi connectivity index (χ3n) is 4.35. The third-order valence-corrected chi connectivity index (χ3v) is 4.35. The van der Waals surface area contributed by atoms with Gasteiger partial charge in [-0.15, -0.1) is 0 Å². The van der Waals surface area contributed by atoms with Gasteiger partial charge in [0.15, 0.2) is 0 Å². The number of nitrogens with zero attached hydrogens (tertiary/aromatic N) is 2. The van der Waals surface area contributed by atoms with Gasteiger partial charge in [-0.3, -0.25) is 4.79 Å². The molecule has 1 aromatic rings. The van der Waals surface area contributed by atoms with E-state index in [0.717, 1.165) is 12.8 Å². The molecule has 2 aliphatic carbocycles. The van der Waals surface area contributed by atoms with Crippen LogP contribution in [-0.4, -0.2) is 17.4 Å². The topological polar surface area (TPSA) is 44.1 Å². The second-order valence-corrected chi connectivity index (χ2v) is 6.33. The van der Waals surface area contributed by atoms with E-state index >= 15 is 0 Å². The molecule has 122 valence electrons. The van der Waals surface area contributed by atoms with Crippen LogP contribution in [0.2, 0.25) is 0 Å². The van der Waals surface area contributed by atoms with E-state index in [9.17, 15) is 9.18 Å². The van der Waals surface area contributed by atoms with Crippen LogP contribution in [0, 0.1) is 17.2 Å². The number of hydrogen-bond acceptors (Lipinski definition) is 2. The smallest absolute Gasteiger partial charge is 0.258 e. The van der Waals surface area contributed by atoms with Crippen LogP contribution in [0.4, 0.5) is 4.39 Å². The molecule has 0 aliphatic heterocycles. The highest BCUT2D eigenvalue weighted by Gasteiger charge is 2.31. The van der Waals surface area contributed by atoms with E-state index in [-0.39, 0.29) is 11.7 Å². The SMILES string of the molecule is CC1=C(F)C(N(CC2CC2)C(=O)c2ccc(C#N)cc2)=CC=CC1. The van der Waals surface area contributed by atoms with Crippen molar-refractivity contribution in [1.29, 1.82) is 5.26 Å². The molecule has 1 amide bonds. The van der Waals surface area contributed by atoms with Gasteiger partial charge in [0, 0.05) is 12.1 Å². The minimum absolute atomic E-state index is 0.226. The summed E-state index contributed by atoms with van der Waals surface area (Å²) in [5.74, 6) is -0.105. The minimum Gasteiger partial charge on any atom is -0.305 e. The molecule has 4 heteroatoms. The van der Waals surface area contributed by atoms with Crippen molar-refractivity contribution in [1.82, 2.24) is 4.90 Å². The molecule has 3 rings (SSSR count). The summed E-state index contributed by atoms with van der Waals surface area (Å²) in [6.07, 6.45) is 8.07. The lowest BCUT2D eigenvalue weighted by Crippen LogP contribution is -2.32. The Kier molecular flexibility index (Phi) is 4.61. The van der Waals surface area contributed by atoms with Gasteiger partial charge < -0.3 is 4.90 Å². The second-order valence-electron chi connectivity index (χ2n) is 6.33. The Morgan fingerprint density at radius 3 is 2.67 bits per heavy atom. The summed E-state index contributed by atoms with van der Waals surface area (Å²) >= 11 is 0. The van der Waals surface area contributed by atoms with Gasteiger partial charge in [-0.2, -0.15) is 5.26 Å². The molecule has 24 heavy (non-hydrogen) atoms. The van der Waals surface area contributed by atoms with Gasteiger partial charge >= 0.3 is 0 Å². The number of rotatable bonds is 4. The van der Waals surface area contributed by atoms with Crippen molar-refractivity contribution in [3.63, 3.8) is 0 Å². The zero-order valence-electron chi connectivity index (χ0n) is 13.6. The molecule has 0 saturated heterocycles. The molecular formula is C20H19FN2O. The van der Waals surface area contributed by atoms with E-state index < -0.39 is 0 Å². The van der Waals surface area contributed by atoms with Gasteiger partial charge in [-0.1, -0.05) is 12.2 Å². The highest BCUT2D eigenvalue weighted by Crippen LogP contribution is 2.34. The largest absolute Gasteiger partial charge is 0.305 e. The number of carbonyl (C=O) groups is 1. The highest BCUT2D eigenvalue weighted by atomic mass is 19.1. The first-order chi connectivity index (χ1) is 11.6. The Hall–Kier alpha value is -2.67. The number of nitriles is 1. The van der Waals surface area contributed by atoms with Crippen molar-refractivity contribution in [2.24, 2.45) is 5.92 Å². The van der Waals surface area contributed by atoms with Crippen LogP contribution in [0.1, 0.15) is 42.1 Å². The average Bonchev–Trinajstić information content (AvgIpc) is 3.43. The molecule has 0 bridgehead atoms. The van der Waals surface area contributed by atoms with E-state index in [0.29, 0.717) is 41.3 Å². The first-order valence-corrected chi connectivity index (χ1v) is 8.14. The molecule has 0 N–H and O–H groups in total. The number of amides is 1. The Bertz CT molecular complexity index is 777. The van der Waals surface area contributed by atoms with E-state index in [1.165, 1.54) is 0 Å². The molecule has 0 aromatic heterocycles. The number of allylic oxidation sites excluding steroid dienone is 5. The van der Waals surface area contributed by atoms with Gasteiger partial charge in [-0.25, -0.2) is 4.39 Å². The van der Waals surface area contributed by atoms with Gasteiger partial charge in [-0.05, 0) is 68.0 Å². The molecule has 3 nitrogen and oxygen atoms in total. The molecular weight excluding hydrogens is 303 g/mol. The maximum atomic E-state index is 14.8. The molecule has 0 radical (unpaired) electrons. The van der Waals surface area contributed by atoms with Crippen LogP contribution in [-0.2, 0) is 0 Å². The fourth-order valence-corrected chi connectivity index (χ4v) is 2.69. The lowest BCUT2D eigenvalue weighted by atomic mass is 10.1. The summed E-state index contributed by atoms with van der Waals surface area (Å²) in [4.78, 5) is 14.5. The van der Waals surface area contributed by atoms with Gasteiger partial charge in [0.25, 0.3) is 5.91 Å². The van der Waals surface area contributed by atoms with Gasteiger partial charge in [0.05, 0.1) is 17.3 Å². The first kappa shape index (κ1) is 16.2. The van der Waals surface area contributed by atoms with Gasteiger partial charge in [0.2, 0.25) is 0 Å². The predicted octanol–water partition coefficient (Wildman–Crippen LogP) is 4.50. The lowest BCUT2D eigenvalue weighted by molar-refractivity contribution is 0.0798. The van der Waals surface area contributed by atoms with Crippen molar-refractivity contribution in [2.75, 3.05) is 6.54 Å². The van der Waals surface area contributed by atoms with Crippen LogP contribution < -0.4 is 0 Å². The fourth-order valence-electron chi connectivity index (χ4n) is 2.69. The molecule has 1 fully saturated rings. The Morgan fingerprint density at radius 2 is 2.04 bits per heavy atom. The van der Waals surface area contributed by atoms with Crippen LogP contribution in [0.5, 0.6) is 0 Å².